The smallest absolute Gasteiger partial charge is 0.0341 e. The molecular formula is C13H22N2S. The van der Waals surface area contributed by atoms with E-state index in [0.717, 1.165) is 12.2 Å². The normalized spacial score (nSPS) is 12.7. The topological polar surface area (TPSA) is 38.0 Å². The van der Waals surface area contributed by atoms with Crippen LogP contribution in [0.4, 0.5) is 0 Å². The number of aryl methyl sites for hydroxylation is 1. The van der Waals surface area contributed by atoms with E-state index in [4.69, 9.17) is 5.84 Å². The Bertz CT molecular complexity index is 302. The SMILES string of the molecule is CCCSCC(Cc1cccc(C)c1)NN. The summed E-state index contributed by atoms with van der Waals surface area (Å²) in [5.41, 5.74) is 5.58. The van der Waals surface area contributed by atoms with E-state index in [1.54, 1.807) is 0 Å². The van der Waals surface area contributed by atoms with E-state index in [2.05, 4.69) is 43.5 Å². The van der Waals surface area contributed by atoms with Gasteiger partial charge in [0.05, 0.1) is 0 Å². The Kier molecular flexibility index (Phi) is 6.53. The standard InChI is InChI=1S/C13H22N2S/c1-3-7-16-10-13(15-14)9-12-6-4-5-11(2)8-12/h4-6,8,13,15H,3,7,9-10,14H2,1-2H3. The lowest BCUT2D eigenvalue weighted by Gasteiger charge is -2.15. The van der Waals surface area contributed by atoms with E-state index in [0.29, 0.717) is 6.04 Å². The van der Waals surface area contributed by atoms with E-state index in [1.807, 2.05) is 11.8 Å². The highest BCUT2D eigenvalue weighted by atomic mass is 32.2. The van der Waals surface area contributed by atoms with Crippen molar-refractivity contribution in [1.29, 1.82) is 0 Å². The minimum absolute atomic E-state index is 0.373. The van der Waals surface area contributed by atoms with Gasteiger partial charge >= 0.3 is 0 Å². The predicted octanol–water partition coefficient (Wildman–Crippen LogP) is 2.51. The third-order valence-corrected chi connectivity index (χ3v) is 3.80. The van der Waals surface area contributed by atoms with Crippen molar-refractivity contribution in [2.75, 3.05) is 11.5 Å². The molecule has 0 bridgehead atoms. The van der Waals surface area contributed by atoms with Crippen molar-refractivity contribution in [3.8, 4) is 0 Å². The zero-order chi connectivity index (χ0) is 11.8. The first-order valence-electron chi connectivity index (χ1n) is 5.85. The van der Waals surface area contributed by atoms with Gasteiger partial charge in [0.1, 0.15) is 0 Å². The molecule has 0 saturated heterocycles. The predicted molar refractivity (Wildman–Crippen MR) is 73.6 cm³/mol. The van der Waals surface area contributed by atoms with Gasteiger partial charge in [-0.15, -0.1) is 0 Å². The number of hydrogen-bond donors (Lipinski definition) is 2. The molecule has 0 heterocycles. The van der Waals surface area contributed by atoms with Crippen molar-refractivity contribution in [3.05, 3.63) is 35.4 Å². The van der Waals surface area contributed by atoms with Crippen LogP contribution in [0.15, 0.2) is 24.3 Å². The van der Waals surface area contributed by atoms with Gasteiger partial charge in [0.15, 0.2) is 0 Å². The molecule has 0 amide bonds. The number of nitrogens with one attached hydrogen (secondary N) is 1. The second-order valence-electron chi connectivity index (χ2n) is 4.13. The summed E-state index contributed by atoms with van der Waals surface area (Å²) in [6, 6.07) is 9.01. The summed E-state index contributed by atoms with van der Waals surface area (Å²) in [6.45, 7) is 4.33. The zero-order valence-electron chi connectivity index (χ0n) is 10.2. The Morgan fingerprint density at radius 2 is 2.25 bits per heavy atom. The Labute approximate surface area is 103 Å². The molecule has 1 atom stereocenters. The fraction of sp³-hybridized carbons (Fsp3) is 0.538. The molecule has 0 radical (unpaired) electrons. The Morgan fingerprint density at radius 3 is 2.88 bits per heavy atom. The van der Waals surface area contributed by atoms with Crippen LogP contribution < -0.4 is 11.3 Å². The highest BCUT2D eigenvalue weighted by molar-refractivity contribution is 7.99. The van der Waals surface area contributed by atoms with E-state index in [1.165, 1.54) is 23.3 Å². The number of rotatable bonds is 7. The van der Waals surface area contributed by atoms with Crippen LogP contribution in [-0.2, 0) is 6.42 Å². The van der Waals surface area contributed by atoms with E-state index in [-0.39, 0.29) is 0 Å². The van der Waals surface area contributed by atoms with Crippen LogP contribution in [0.2, 0.25) is 0 Å². The molecule has 90 valence electrons. The zero-order valence-corrected chi connectivity index (χ0v) is 11.0. The van der Waals surface area contributed by atoms with Gasteiger partial charge in [-0.3, -0.25) is 11.3 Å². The van der Waals surface area contributed by atoms with Crippen LogP contribution in [0.3, 0.4) is 0 Å². The number of nitrogens with two attached hydrogens (primary N) is 1. The molecule has 0 aromatic heterocycles. The summed E-state index contributed by atoms with van der Waals surface area (Å²) in [6.07, 6.45) is 2.24. The molecule has 2 nitrogen and oxygen atoms in total. The fourth-order valence-corrected chi connectivity index (χ4v) is 2.61. The number of hydrogen-bond acceptors (Lipinski definition) is 3. The van der Waals surface area contributed by atoms with Crippen LogP contribution in [0.25, 0.3) is 0 Å². The van der Waals surface area contributed by atoms with Gasteiger partial charge in [-0.05, 0) is 31.1 Å². The summed E-state index contributed by atoms with van der Waals surface area (Å²) in [5, 5.41) is 0. The van der Waals surface area contributed by atoms with Gasteiger partial charge < -0.3 is 0 Å². The Morgan fingerprint density at radius 1 is 1.44 bits per heavy atom. The summed E-state index contributed by atoms with van der Waals surface area (Å²) in [7, 11) is 0. The highest BCUT2D eigenvalue weighted by Gasteiger charge is 2.07. The second-order valence-corrected chi connectivity index (χ2v) is 5.28. The van der Waals surface area contributed by atoms with Gasteiger partial charge in [-0.25, -0.2) is 0 Å². The first-order valence-corrected chi connectivity index (χ1v) is 7.01. The van der Waals surface area contributed by atoms with Gasteiger partial charge in [0, 0.05) is 11.8 Å². The van der Waals surface area contributed by atoms with Crippen LogP contribution in [-0.4, -0.2) is 17.5 Å². The molecule has 0 spiro atoms. The van der Waals surface area contributed by atoms with Crippen molar-refractivity contribution < 1.29 is 0 Å². The minimum Gasteiger partial charge on any atom is -0.271 e. The molecule has 3 heteroatoms. The molecule has 0 aliphatic carbocycles. The summed E-state index contributed by atoms with van der Waals surface area (Å²) in [4.78, 5) is 0. The quantitative estimate of drug-likeness (QED) is 0.435. The highest BCUT2D eigenvalue weighted by Crippen LogP contribution is 2.11. The number of hydrazine groups is 1. The maximum Gasteiger partial charge on any atom is 0.0341 e. The maximum absolute atomic E-state index is 5.58. The van der Waals surface area contributed by atoms with E-state index < -0.39 is 0 Å². The van der Waals surface area contributed by atoms with Crippen LogP contribution in [0.1, 0.15) is 24.5 Å². The average molecular weight is 238 g/mol. The second kappa shape index (κ2) is 7.71. The molecule has 1 aromatic rings. The molecule has 16 heavy (non-hydrogen) atoms. The minimum atomic E-state index is 0.373. The first-order chi connectivity index (χ1) is 7.76. The molecule has 1 unspecified atom stereocenters. The van der Waals surface area contributed by atoms with Crippen molar-refractivity contribution in [1.82, 2.24) is 5.43 Å². The Balaban J connectivity index is 2.43. The molecular weight excluding hydrogens is 216 g/mol. The Hall–Kier alpha value is -0.510. The number of benzene rings is 1. The van der Waals surface area contributed by atoms with E-state index >= 15 is 0 Å². The summed E-state index contributed by atoms with van der Waals surface area (Å²) >= 11 is 1.97. The molecule has 0 aliphatic rings. The molecule has 0 aliphatic heterocycles. The van der Waals surface area contributed by atoms with Crippen LogP contribution >= 0.6 is 11.8 Å². The largest absolute Gasteiger partial charge is 0.271 e. The lowest BCUT2D eigenvalue weighted by molar-refractivity contribution is 0.575. The third-order valence-electron chi connectivity index (χ3n) is 2.47. The van der Waals surface area contributed by atoms with Gasteiger partial charge in [0.2, 0.25) is 0 Å². The molecule has 0 fully saturated rings. The summed E-state index contributed by atoms with van der Waals surface area (Å²) < 4.78 is 0. The monoisotopic (exact) mass is 238 g/mol. The molecule has 1 aromatic carbocycles. The van der Waals surface area contributed by atoms with Gasteiger partial charge in [0.25, 0.3) is 0 Å². The fourth-order valence-electron chi connectivity index (χ4n) is 1.66. The van der Waals surface area contributed by atoms with Crippen molar-refractivity contribution in [2.45, 2.75) is 32.7 Å². The first kappa shape index (κ1) is 13.6. The van der Waals surface area contributed by atoms with E-state index in [9.17, 15) is 0 Å². The lowest BCUT2D eigenvalue weighted by Crippen LogP contribution is -2.38. The van der Waals surface area contributed by atoms with Gasteiger partial charge in [-0.1, -0.05) is 36.8 Å². The van der Waals surface area contributed by atoms with Crippen molar-refractivity contribution >= 4 is 11.8 Å². The van der Waals surface area contributed by atoms with Crippen LogP contribution in [0.5, 0.6) is 0 Å². The maximum atomic E-state index is 5.58. The van der Waals surface area contributed by atoms with Gasteiger partial charge in [-0.2, -0.15) is 11.8 Å². The third kappa shape index (κ3) is 5.01. The summed E-state index contributed by atoms with van der Waals surface area (Å²) in [5.74, 6) is 7.87. The van der Waals surface area contributed by atoms with Crippen molar-refractivity contribution in [2.24, 2.45) is 5.84 Å². The molecule has 1 rings (SSSR count). The average Bonchev–Trinajstić information content (AvgIpc) is 2.28. The van der Waals surface area contributed by atoms with Crippen molar-refractivity contribution in [3.63, 3.8) is 0 Å². The van der Waals surface area contributed by atoms with Crippen LogP contribution in [0, 0.1) is 6.92 Å². The number of thioether (sulfide) groups is 1. The lowest BCUT2D eigenvalue weighted by atomic mass is 10.1. The molecule has 0 saturated carbocycles. The molecule has 3 N–H and O–H groups in total.